The summed E-state index contributed by atoms with van der Waals surface area (Å²) >= 11 is 1.75. The predicted molar refractivity (Wildman–Crippen MR) is 66.4 cm³/mol. The van der Waals surface area contributed by atoms with Gasteiger partial charge in [0, 0.05) is 36.9 Å². The van der Waals surface area contributed by atoms with Crippen LogP contribution in [0.4, 0.5) is 0 Å². The number of hydrogen-bond acceptors (Lipinski definition) is 4. The van der Waals surface area contributed by atoms with Crippen LogP contribution in [-0.2, 0) is 11.8 Å². The van der Waals surface area contributed by atoms with E-state index in [0.29, 0.717) is 6.54 Å². The van der Waals surface area contributed by atoms with Gasteiger partial charge in [-0.2, -0.15) is 0 Å². The summed E-state index contributed by atoms with van der Waals surface area (Å²) in [4.78, 5) is 4.63. The highest BCUT2D eigenvalue weighted by Gasteiger charge is 2.16. The maximum absolute atomic E-state index is 5.39. The van der Waals surface area contributed by atoms with Crippen molar-refractivity contribution in [3.05, 3.63) is 16.1 Å². The second-order valence-corrected chi connectivity index (χ2v) is 5.61. The Bertz CT molecular complexity index is 288. The van der Waals surface area contributed by atoms with Gasteiger partial charge in [-0.3, -0.25) is 0 Å². The Hall–Kier alpha value is -0.450. The fourth-order valence-corrected chi connectivity index (χ4v) is 2.22. The third kappa shape index (κ3) is 4.28. The molecule has 0 atom stereocenters. The lowest BCUT2D eigenvalue weighted by Crippen LogP contribution is -2.24. The third-order valence-electron chi connectivity index (χ3n) is 2.16. The molecular weight excluding hydrogens is 206 g/mol. The van der Waals surface area contributed by atoms with Crippen LogP contribution >= 0.6 is 11.3 Å². The van der Waals surface area contributed by atoms with Crippen LogP contribution in [0.5, 0.6) is 0 Å². The smallest absolute Gasteiger partial charge is 0.0941 e. The number of hydrogen-bond donors (Lipinski definition) is 2. The van der Waals surface area contributed by atoms with Crippen LogP contribution in [0.3, 0.4) is 0 Å². The van der Waals surface area contributed by atoms with E-state index in [1.54, 1.807) is 11.3 Å². The first-order valence-corrected chi connectivity index (χ1v) is 6.27. The lowest BCUT2D eigenvalue weighted by atomic mass is 9.93. The third-order valence-corrected chi connectivity index (χ3v) is 3.07. The molecule has 0 fully saturated rings. The minimum absolute atomic E-state index is 0.166. The van der Waals surface area contributed by atoms with Gasteiger partial charge >= 0.3 is 0 Å². The molecule has 1 aromatic heterocycles. The minimum atomic E-state index is 0.166. The van der Waals surface area contributed by atoms with E-state index in [4.69, 9.17) is 5.73 Å². The Labute approximate surface area is 96.1 Å². The van der Waals surface area contributed by atoms with Crippen molar-refractivity contribution in [2.45, 2.75) is 32.6 Å². The first-order valence-electron chi connectivity index (χ1n) is 5.39. The molecule has 1 rings (SSSR count). The summed E-state index contributed by atoms with van der Waals surface area (Å²) in [5.74, 6) is 0. The van der Waals surface area contributed by atoms with Crippen molar-refractivity contribution in [2.75, 3.05) is 19.6 Å². The zero-order chi connectivity index (χ0) is 11.3. The maximum Gasteiger partial charge on any atom is 0.0941 e. The molecule has 15 heavy (non-hydrogen) atoms. The van der Waals surface area contributed by atoms with Gasteiger partial charge in [-0.1, -0.05) is 20.8 Å². The molecule has 1 heterocycles. The summed E-state index contributed by atoms with van der Waals surface area (Å²) < 4.78 is 0. The Balaban J connectivity index is 2.40. The van der Waals surface area contributed by atoms with Gasteiger partial charge in [-0.15, -0.1) is 11.3 Å². The fraction of sp³-hybridized carbons (Fsp3) is 0.727. The van der Waals surface area contributed by atoms with Crippen molar-refractivity contribution in [2.24, 2.45) is 5.73 Å². The molecule has 0 spiro atoms. The van der Waals surface area contributed by atoms with E-state index in [1.165, 1.54) is 10.7 Å². The van der Waals surface area contributed by atoms with E-state index < -0.39 is 0 Å². The highest BCUT2D eigenvalue weighted by Crippen LogP contribution is 2.23. The van der Waals surface area contributed by atoms with Crippen molar-refractivity contribution < 1.29 is 0 Å². The molecule has 0 aliphatic carbocycles. The highest BCUT2D eigenvalue weighted by atomic mass is 32.1. The molecule has 0 amide bonds. The summed E-state index contributed by atoms with van der Waals surface area (Å²) in [6, 6.07) is 0. The van der Waals surface area contributed by atoms with Crippen LogP contribution in [-0.4, -0.2) is 24.6 Å². The lowest BCUT2D eigenvalue weighted by Gasteiger charge is -2.14. The van der Waals surface area contributed by atoms with E-state index in [-0.39, 0.29) is 5.41 Å². The number of nitrogens with one attached hydrogen (secondary N) is 1. The van der Waals surface area contributed by atoms with Crippen LogP contribution in [0, 0.1) is 0 Å². The molecule has 0 unspecified atom stereocenters. The maximum atomic E-state index is 5.39. The molecule has 0 radical (unpaired) electrons. The van der Waals surface area contributed by atoms with E-state index in [2.05, 4.69) is 36.5 Å². The van der Waals surface area contributed by atoms with Crippen LogP contribution in [0.2, 0.25) is 0 Å². The van der Waals surface area contributed by atoms with Gasteiger partial charge in [0.2, 0.25) is 0 Å². The zero-order valence-corrected chi connectivity index (χ0v) is 10.7. The standard InChI is InChI=1S/C11H21N3S/c1-11(2,3)9-8-15-10(14-9)4-6-13-7-5-12/h8,13H,4-7,12H2,1-3H3. The average Bonchev–Trinajstić information content (AvgIpc) is 2.60. The van der Waals surface area contributed by atoms with Crippen molar-refractivity contribution in [3.8, 4) is 0 Å². The van der Waals surface area contributed by atoms with E-state index in [0.717, 1.165) is 19.5 Å². The van der Waals surface area contributed by atoms with Gasteiger partial charge in [-0.05, 0) is 0 Å². The SMILES string of the molecule is CC(C)(C)c1csc(CCNCCN)n1. The molecule has 86 valence electrons. The highest BCUT2D eigenvalue weighted by molar-refractivity contribution is 7.09. The van der Waals surface area contributed by atoms with Gasteiger partial charge < -0.3 is 11.1 Å². The summed E-state index contributed by atoms with van der Waals surface area (Å²) in [7, 11) is 0. The van der Waals surface area contributed by atoms with E-state index in [9.17, 15) is 0 Å². The summed E-state index contributed by atoms with van der Waals surface area (Å²) in [5.41, 5.74) is 6.76. The second kappa shape index (κ2) is 5.58. The molecule has 0 aromatic carbocycles. The Morgan fingerprint density at radius 2 is 2.13 bits per heavy atom. The molecule has 0 aliphatic heterocycles. The quantitative estimate of drug-likeness (QED) is 0.750. The molecule has 0 saturated carbocycles. The first-order chi connectivity index (χ1) is 7.04. The summed E-state index contributed by atoms with van der Waals surface area (Å²) in [5, 5.41) is 6.65. The summed E-state index contributed by atoms with van der Waals surface area (Å²) in [6.45, 7) is 9.13. The van der Waals surface area contributed by atoms with Crippen molar-refractivity contribution in [1.29, 1.82) is 0 Å². The monoisotopic (exact) mass is 227 g/mol. The van der Waals surface area contributed by atoms with Crippen LogP contribution in [0.15, 0.2) is 5.38 Å². The molecule has 4 heteroatoms. The van der Waals surface area contributed by atoms with Crippen LogP contribution < -0.4 is 11.1 Å². The lowest BCUT2D eigenvalue weighted by molar-refractivity contribution is 0.570. The fourth-order valence-electron chi connectivity index (χ4n) is 1.19. The van der Waals surface area contributed by atoms with Gasteiger partial charge in [0.25, 0.3) is 0 Å². The molecular formula is C11H21N3S. The van der Waals surface area contributed by atoms with E-state index >= 15 is 0 Å². The molecule has 3 nitrogen and oxygen atoms in total. The van der Waals surface area contributed by atoms with Crippen molar-refractivity contribution >= 4 is 11.3 Å². The number of rotatable bonds is 5. The average molecular weight is 227 g/mol. The summed E-state index contributed by atoms with van der Waals surface area (Å²) in [6.07, 6.45) is 1.00. The Morgan fingerprint density at radius 3 is 2.67 bits per heavy atom. The van der Waals surface area contributed by atoms with Gasteiger partial charge in [0.05, 0.1) is 10.7 Å². The van der Waals surface area contributed by atoms with Crippen LogP contribution in [0.1, 0.15) is 31.5 Å². The number of thiazole rings is 1. The number of aromatic nitrogens is 1. The number of nitrogens with two attached hydrogens (primary N) is 1. The molecule has 1 aromatic rings. The van der Waals surface area contributed by atoms with Gasteiger partial charge in [0.15, 0.2) is 0 Å². The first kappa shape index (κ1) is 12.6. The molecule has 3 N–H and O–H groups in total. The van der Waals surface area contributed by atoms with Crippen molar-refractivity contribution in [3.63, 3.8) is 0 Å². The molecule has 0 bridgehead atoms. The predicted octanol–water partition coefficient (Wildman–Crippen LogP) is 1.53. The molecule has 0 saturated heterocycles. The van der Waals surface area contributed by atoms with Gasteiger partial charge in [0.1, 0.15) is 0 Å². The number of nitrogens with zero attached hydrogens (tertiary/aromatic N) is 1. The minimum Gasteiger partial charge on any atom is -0.329 e. The zero-order valence-electron chi connectivity index (χ0n) is 9.84. The Morgan fingerprint density at radius 1 is 1.40 bits per heavy atom. The second-order valence-electron chi connectivity index (χ2n) is 4.67. The van der Waals surface area contributed by atoms with Gasteiger partial charge in [-0.25, -0.2) is 4.98 Å². The van der Waals surface area contributed by atoms with Crippen molar-refractivity contribution in [1.82, 2.24) is 10.3 Å². The Kier molecular flexibility index (Phi) is 4.70. The largest absolute Gasteiger partial charge is 0.329 e. The molecule has 0 aliphatic rings. The van der Waals surface area contributed by atoms with Crippen LogP contribution in [0.25, 0.3) is 0 Å². The van der Waals surface area contributed by atoms with E-state index in [1.807, 2.05) is 0 Å². The normalized spacial score (nSPS) is 12.0. The topological polar surface area (TPSA) is 50.9 Å².